The maximum absolute atomic E-state index is 11.9. The molecular weight excluding hydrogens is 228 g/mol. The van der Waals surface area contributed by atoms with Crippen LogP contribution in [0.5, 0.6) is 0 Å². The van der Waals surface area contributed by atoms with Crippen LogP contribution >= 0.6 is 0 Å². The summed E-state index contributed by atoms with van der Waals surface area (Å²) in [6.07, 6.45) is 3.78. The number of hydrogen-bond donors (Lipinski definition) is 2. The van der Waals surface area contributed by atoms with Crippen LogP contribution in [0.1, 0.15) is 38.7 Å². The van der Waals surface area contributed by atoms with Crippen LogP contribution in [-0.2, 0) is 4.79 Å². The zero-order chi connectivity index (χ0) is 13.5. The molecule has 0 aliphatic carbocycles. The monoisotopic (exact) mass is 250 g/mol. The quantitative estimate of drug-likeness (QED) is 0.808. The minimum Gasteiger partial charge on any atom is -0.391 e. The summed E-state index contributed by atoms with van der Waals surface area (Å²) in [4.78, 5) is 15.9. The Hall–Kier alpha value is -1.42. The van der Waals surface area contributed by atoms with Gasteiger partial charge in [-0.05, 0) is 24.5 Å². The average Bonchev–Trinajstić information content (AvgIpc) is 2.43. The Morgan fingerprint density at radius 2 is 2.22 bits per heavy atom. The average molecular weight is 250 g/mol. The molecular formula is C14H22N2O2. The van der Waals surface area contributed by atoms with Crippen molar-refractivity contribution in [1.29, 1.82) is 0 Å². The van der Waals surface area contributed by atoms with E-state index in [0.717, 1.165) is 12.0 Å². The minimum atomic E-state index is -0.486. The van der Waals surface area contributed by atoms with Crippen molar-refractivity contribution in [2.45, 2.75) is 39.2 Å². The largest absolute Gasteiger partial charge is 0.391 e. The maximum Gasteiger partial charge on any atom is 0.227 e. The van der Waals surface area contributed by atoms with Crippen molar-refractivity contribution < 1.29 is 9.90 Å². The van der Waals surface area contributed by atoms with E-state index in [1.54, 1.807) is 12.4 Å². The lowest BCUT2D eigenvalue weighted by Gasteiger charge is -2.19. The third kappa shape index (κ3) is 4.11. The van der Waals surface area contributed by atoms with Gasteiger partial charge in [-0.3, -0.25) is 9.78 Å². The summed E-state index contributed by atoms with van der Waals surface area (Å²) < 4.78 is 0. The molecule has 0 aromatic carbocycles. The van der Waals surface area contributed by atoms with E-state index >= 15 is 0 Å². The fourth-order valence-electron chi connectivity index (χ4n) is 1.61. The molecule has 0 aliphatic heterocycles. The zero-order valence-electron chi connectivity index (χ0n) is 11.3. The number of nitrogens with one attached hydrogen (secondary N) is 1. The molecule has 4 nitrogen and oxygen atoms in total. The molecule has 1 amide bonds. The Labute approximate surface area is 108 Å². The normalized spacial score (nSPS) is 15.8. The van der Waals surface area contributed by atoms with E-state index in [1.165, 1.54) is 0 Å². The Morgan fingerprint density at radius 3 is 2.78 bits per heavy atom. The molecule has 0 saturated carbocycles. The van der Waals surface area contributed by atoms with Crippen molar-refractivity contribution in [3.63, 3.8) is 0 Å². The number of nitrogens with zero attached hydrogens (tertiary/aromatic N) is 1. The molecule has 1 heterocycles. The van der Waals surface area contributed by atoms with Crippen LogP contribution in [0.15, 0.2) is 24.5 Å². The first-order chi connectivity index (χ1) is 8.56. The SMILES string of the molecule is CCC(C)C(O)CNC(=O)C(C)c1cccnc1. The summed E-state index contributed by atoms with van der Waals surface area (Å²) in [7, 11) is 0. The summed E-state index contributed by atoms with van der Waals surface area (Å²) >= 11 is 0. The van der Waals surface area contributed by atoms with E-state index in [9.17, 15) is 9.90 Å². The molecule has 0 bridgehead atoms. The van der Waals surface area contributed by atoms with Gasteiger partial charge in [-0.15, -0.1) is 0 Å². The second-order valence-electron chi connectivity index (χ2n) is 4.71. The molecule has 3 atom stereocenters. The van der Waals surface area contributed by atoms with Gasteiger partial charge in [0, 0.05) is 18.9 Å². The molecule has 2 N–H and O–H groups in total. The highest BCUT2D eigenvalue weighted by molar-refractivity contribution is 5.83. The first kappa shape index (κ1) is 14.6. The summed E-state index contributed by atoms with van der Waals surface area (Å²) in [6.45, 7) is 6.13. The van der Waals surface area contributed by atoms with Gasteiger partial charge in [-0.25, -0.2) is 0 Å². The zero-order valence-corrected chi connectivity index (χ0v) is 11.3. The van der Waals surface area contributed by atoms with Gasteiger partial charge in [-0.2, -0.15) is 0 Å². The minimum absolute atomic E-state index is 0.0784. The third-order valence-electron chi connectivity index (χ3n) is 3.36. The Morgan fingerprint density at radius 1 is 1.50 bits per heavy atom. The van der Waals surface area contributed by atoms with Gasteiger partial charge >= 0.3 is 0 Å². The highest BCUT2D eigenvalue weighted by atomic mass is 16.3. The van der Waals surface area contributed by atoms with E-state index in [0.29, 0.717) is 6.54 Å². The lowest BCUT2D eigenvalue weighted by Crippen LogP contribution is -2.37. The Bertz CT molecular complexity index is 367. The van der Waals surface area contributed by atoms with Gasteiger partial charge in [-0.1, -0.05) is 26.3 Å². The highest BCUT2D eigenvalue weighted by Gasteiger charge is 2.18. The molecule has 100 valence electrons. The number of aromatic nitrogens is 1. The molecule has 0 saturated heterocycles. The Kier molecular flexibility index (Phi) is 5.78. The molecule has 1 aromatic heterocycles. The summed E-state index contributed by atoms with van der Waals surface area (Å²) in [5.41, 5.74) is 0.882. The van der Waals surface area contributed by atoms with Crippen LogP contribution in [0.2, 0.25) is 0 Å². The number of carbonyl (C=O) groups excluding carboxylic acids is 1. The van der Waals surface area contributed by atoms with Crippen LogP contribution in [-0.4, -0.2) is 28.6 Å². The molecule has 0 aliphatic rings. The lowest BCUT2D eigenvalue weighted by molar-refractivity contribution is -0.122. The first-order valence-electron chi connectivity index (χ1n) is 6.42. The van der Waals surface area contributed by atoms with Gasteiger partial charge in [0.25, 0.3) is 0 Å². The lowest BCUT2D eigenvalue weighted by atomic mass is 10.0. The van der Waals surface area contributed by atoms with Gasteiger partial charge in [0.05, 0.1) is 12.0 Å². The van der Waals surface area contributed by atoms with Gasteiger partial charge in [0.15, 0.2) is 0 Å². The van der Waals surface area contributed by atoms with Gasteiger partial charge < -0.3 is 10.4 Å². The van der Waals surface area contributed by atoms with E-state index in [2.05, 4.69) is 10.3 Å². The Balaban J connectivity index is 2.46. The van der Waals surface area contributed by atoms with Gasteiger partial charge in [0.2, 0.25) is 5.91 Å². The fourth-order valence-corrected chi connectivity index (χ4v) is 1.61. The van der Waals surface area contributed by atoms with Crippen molar-refractivity contribution in [3.05, 3.63) is 30.1 Å². The highest BCUT2D eigenvalue weighted by Crippen LogP contribution is 2.13. The van der Waals surface area contributed by atoms with E-state index in [4.69, 9.17) is 0 Å². The molecule has 1 aromatic rings. The summed E-state index contributed by atoms with van der Waals surface area (Å²) in [5, 5.41) is 12.6. The fraction of sp³-hybridized carbons (Fsp3) is 0.571. The topological polar surface area (TPSA) is 62.2 Å². The predicted molar refractivity (Wildman–Crippen MR) is 71.1 cm³/mol. The molecule has 4 heteroatoms. The smallest absolute Gasteiger partial charge is 0.227 e. The van der Waals surface area contributed by atoms with Crippen molar-refractivity contribution in [1.82, 2.24) is 10.3 Å². The van der Waals surface area contributed by atoms with Crippen LogP contribution in [0, 0.1) is 5.92 Å². The third-order valence-corrected chi connectivity index (χ3v) is 3.36. The number of aliphatic hydroxyl groups excluding tert-OH is 1. The number of hydrogen-bond acceptors (Lipinski definition) is 3. The second-order valence-corrected chi connectivity index (χ2v) is 4.71. The predicted octanol–water partition coefficient (Wildman–Crippen LogP) is 1.71. The van der Waals surface area contributed by atoms with E-state index in [-0.39, 0.29) is 17.7 Å². The van der Waals surface area contributed by atoms with Crippen molar-refractivity contribution in [2.24, 2.45) is 5.92 Å². The molecule has 18 heavy (non-hydrogen) atoms. The standard InChI is InChI=1S/C14H22N2O2/c1-4-10(2)13(17)9-16-14(18)11(3)12-6-5-7-15-8-12/h5-8,10-11,13,17H,4,9H2,1-3H3,(H,16,18). The molecule has 0 spiro atoms. The van der Waals surface area contributed by atoms with E-state index in [1.807, 2.05) is 32.9 Å². The summed E-state index contributed by atoms with van der Waals surface area (Å²) in [5.74, 6) is -0.132. The van der Waals surface area contributed by atoms with E-state index < -0.39 is 6.10 Å². The number of aliphatic hydroxyl groups is 1. The number of rotatable bonds is 6. The number of amides is 1. The summed E-state index contributed by atoms with van der Waals surface area (Å²) in [6, 6.07) is 3.69. The van der Waals surface area contributed by atoms with Crippen molar-refractivity contribution in [3.8, 4) is 0 Å². The van der Waals surface area contributed by atoms with Crippen molar-refractivity contribution >= 4 is 5.91 Å². The van der Waals surface area contributed by atoms with Crippen LogP contribution in [0.3, 0.4) is 0 Å². The number of pyridine rings is 1. The maximum atomic E-state index is 11.9. The molecule has 0 fully saturated rings. The molecule has 1 rings (SSSR count). The van der Waals surface area contributed by atoms with Gasteiger partial charge in [0.1, 0.15) is 0 Å². The molecule has 0 radical (unpaired) electrons. The number of carbonyl (C=O) groups is 1. The van der Waals surface area contributed by atoms with Crippen LogP contribution in [0.25, 0.3) is 0 Å². The van der Waals surface area contributed by atoms with Crippen LogP contribution < -0.4 is 5.32 Å². The second kappa shape index (κ2) is 7.11. The van der Waals surface area contributed by atoms with Crippen LogP contribution in [0.4, 0.5) is 0 Å². The first-order valence-corrected chi connectivity index (χ1v) is 6.42. The molecule has 3 unspecified atom stereocenters. The van der Waals surface area contributed by atoms with Crippen molar-refractivity contribution in [2.75, 3.05) is 6.54 Å².